The summed E-state index contributed by atoms with van der Waals surface area (Å²) in [5, 5.41) is 5.31. The van der Waals surface area contributed by atoms with Crippen LogP contribution in [0.1, 0.15) is 5.56 Å². The molecule has 1 saturated heterocycles. The van der Waals surface area contributed by atoms with E-state index in [2.05, 4.69) is 5.32 Å². The van der Waals surface area contributed by atoms with Gasteiger partial charge in [-0.2, -0.15) is 0 Å². The number of cyclic esters (lactones) is 1. The number of rotatable bonds is 5. The fourth-order valence-corrected chi connectivity index (χ4v) is 3.09. The largest absolute Gasteiger partial charge is 0.457 e. The zero-order valence-electron chi connectivity index (χ0n) is 14.8. The Kier molecular flexibility index (Phi) is 4.48. The summed E-state index contributed by atoms with van der Waals surface area (Å²) in [4.78, 5) is 24.7. The molecule has 1 fully saturated rings. The van der Waals surface area contributed by atoms with Crippen LogP contribution >= 0.6 is 0 Å². The van der Waals surface area contributed by atoms with E-state index in [-0.39, 0.29) is 12.5 Å². The zero-order valence-corrected chi connectivity index (χ0v) is 14.8. The first-order chi connectivity index (χ1) is 13.2. The van der Waals surface area contributed by atoms with E-state index in [1.807, 2.05) is 49.5 Å². The number of benzene rings is 3. The monoisotopic (exact) mass is 362 g/mol. The third kappa shape index (κ3) is 3.35. The van der Waals surface area contributed by atoms with Crippen molar-refractivity contribution in [3.05, 3.63) is 66.2 Å². The second-order valence-electron chi connectivity index (χ2n) is 6.22. The van der Waals surface area contributed by atoms with Crippen molar-refractivity contribution in [1.82, 2.24) is 5.32 Å². The van der Waals surface area contributed by atoms with E-state index >= 15 is 0 Å². The number of anilines is 1. The van der Waals surface area contributed by atoms with Crippen molar-refractivity contribution < 1.29 is 19.1 Å². The summed E-state index contributed by atoms with van der Waals surface area (Å²) in [5.41, 5.74) is 1.30. The predicted molar refractivity (Wildman–Crippen MR) is 102 cm³/mol. The molecule has 1 heterocycles. The smallest absolute Gasteiger partial charge is 0.421 e. The van der Waals surface area contributed by atoms with Crippen molar-refractivity contribution in [2.24, 2.45) is 0 Å². The summed E-state index contributed by atoms with van der Waals surface area (Å²) in [6, 6.07) is 19.2. The van der Waals surface area contributed by atoms with Gasteiger partial charge in [-0.1, -0.05) is 30.3 Å². The minimum absolute atomic E-state index is 0.227. The summed E-state index contributed by atoms with van der Waals surface area (Å²) < 4.78 is 10.9. The first kappa shape index (κ1) is 17.1. The molecule has 136 valence electrons. The van der Waals surface area contributed by atoms with Crippen molar-refractivity contribution in [2.45, 2.75) is 6.54 Å². The van der Waals surface area contributed by atoms with Gasteiger partial charge in [-0.05, 0) is 48.2 Å². The molecular weight excluding hydrogens is 344 g/mol. The Morgan fingerprint density at radius 3 is 2.59 bits per heavy atom. The average Bonchev–Trinajstić information content (AvgIpc) is 3.02. The van der Waals surface area contributed by atoms with Gasteiger partial charge in [0.15, 0.2) is 6.61 Å². The van der Waals surface area contributed by atoms with Gasteiger partial charge >= 0.3 is 6.09 Å². The van der Waals surface area contributed by atoms with Gasteiger partial charge in [0.25, 0.3) is 5.91 Å². The van der Waals surface area contributed by atoms with Crippen LogP contribution in [0, 0.1) is 0 Å². The molecule has 0 aromatic heterocycles. The van der Waals surface area contributed by atoms with Crippen LogP contribution in [0.2, 0.25) is 0 Å². The van der Waals surface area contributed by atoms with Crippen molar-refractivity contribution >= 4 is 28.5 Å². The molecule has 3 aromatic rings. The van der Waals surface area contributed by atoms with Crippen LogP contribution in [0.3, 0.4) is 0 Å². The number of hydrogen-bond acceptors (Lipinski definition) is 5. The van der Waals surface area contributed by atoms with Gasteiger partial charge in [0.1, 0.15) is 11.5 Å². The SMILES string of the molecule is CNCc1cc(N2C(=O)COC2=O)ccc1Oc1ccc2ccccc2c1. The van der Waals surface area contributed by atoms with Crippen LogP contribution in [-0.2, 0) is 16.1 Å². The fraction of sp³-hybridized carbons (Fsp3) is 0.143. The zero-order chi connectivity index (χ0) is 18.8. The summed E-state index contributed by atoms with van der Waals surface area (Å²) in [5.74, 6) is 0.998. The molecule has 4 rings (SSSR count). The summed E-state index contributed by atoms with van der Waals surface area (Å²) in [7, 11) is 1.82. The number of carbonyl (C=O) groups excluding carboxylic acids is 2. The Labute approximate surface area is 156 Å². The number of hydrogen-bond donors (Lipinski definition) is 1. The minimum atomic E-state index is -0.654. The Balaban J connectivity index is 1.66. The lowest BCUT2D eigenvalue weighted by molar-refractivity contribution is -0.117. The number of nitrogens with zero attached hydrogens (tertiary/aromatic N) is 1. The fourth-order valence-electron chi connectivity index (χ4n) is 3.09. The van der Waals surface area contributed by atoms with E-state index in [9.17, 15) is 9.59 Å². The maximum atomic E-state index is 11.9. The number of amides is 2. The van der Waals surface area contributed by atoms with Gasteiger partial charge in [-0.25, -0.2) is 9.69 Å². The molecule has 0 spiro atoms. The van der Waals surface area contributed by atoms with E-state index in [4.69, 9.17) is 9.47 Å². The highest BCUT2D eigenvalue weighted by atomic mass is 16.6. The predicted octanol–water partition coefficient (Wildman–Crippen LogP) is 3.83. The van der Waals surface area contributed by atoms with Crippen LogP contribution in [-0.4, -0.2) is 25.7 Å². The molecule has 6 heteroatoms. The molecule has 0 saturated carbocycles. The van der Waals surface area contributed by atoms with Crippen LogP contribution < -0.4 is 15.0 Å². The van der Waals surface area contributed by atoms with E-state index < -0.39 is 6.09 Å². The van der Waals surface area contributed by atoms with Crippen molar-refractivity contribution in [1.29, 1.82) is 0 Å². The van der Waals surface area contributed by atoms with Crippen LogP contribution in [0.25, 0.3) is 10.8 Å². The molecule has 27 heavy (non-hydrogen) atoms. The van der Waals surface area contributed by atoms with Crippen molar-refractivity contribution in [2.75, 3.05) is 18.6 Å². The second-order valence-corrected chi connectivity index (χ2v) is 6.22. The molecule has 0 unspecified atom stereocenters. The Hall–Kier alpha value is -3.38. The van der Waals surface area contributed by atoms with E-state index in [1.54, 1.807) is 18.2 Å². The third-order valence-electron chi connectivity index (χ3n) is 4.37. The molecule has 3 aromatic carbocycles. The topological polar surface area (TPSA) is 67.9 Å². The highest BCUT2D eigenvalue weighted by Gasteiger charge is 2.32. The first-order valence-corrected chi connectivity index (χ1v) is 8.59. The maximum absolute atomic E-state index is 11.9. The number of imide groups is 1. The average molecular weight is 362 g/mol. The summed E-state index contributed by atoms with van der Waals surface area (Å²) in [6.07, 6.45) is -0.654. The molecule has 6 nitrogen and oxygen atoms in total. The van der Waals surface area contributed by atoms with Crippen molar-refractivity contribution in [3.8, 4) is 11.5 Å². The molecule has 0 aliphatic carbocycles. The van der Waals surface area contributed by atoms with Gasteiger partial charge in [-0.15, -0.1) is 0 Å². The highest BCUT2D eigenvalue weighted by molar-refractivity contribution is 6.16. The molecular formula is C21H18N2O4. The highest BCUT2D eigenvalue weighted by Crippen LogP contribution is 2.32. The van der Waals surface area contributed by atoms with Crippen molar-refractivity contribution in [3.63, 3.8) is 0 Å². The maximum Gasteiger partial charge on any atom is 0.421 e. The number of carbonyl (C=O) groups is 2. The van der Waals surface area contributed by atoms with Gasteiger partial charge in [0.2, 0.25) is 0 Å². The van der Waals surface area contributed by atoms with Gasteiger partial charge in [-0.3, -0.25) is 4.79 Å². The molecule has 0 bridgehead atoms. The van der Waals surface area contributed by atoms with E-state index in [0.717, 1.165) is 27.0 Å². The number of ether oxygens (including phenoxy) is 2. The first-order valence-electron chi connectivity index (χ1n) is 8.59. The molecule has 0 radical (unpaired) electrons. The minimum Gasteiger partial charge on any atom is -0.457 e. The standard InChI is InChI=1S/C21H18N2O4/c1-22-12-16-10-17(23-20(24)13-26-21(23)25)7-9-19(16)27-18-8-6-14-4-2-3-5-15(14)11-18/h2-11,22H,12-13H2,1H3. The Bertz CT molecular complexity index is 1020. The van der Waals surface area contributed by atoms with Crippen LogP contribution in [0.5, 0.6) is 11.5 Å². The van der Waals surface area contributed by atoms with E-state index in [0.29, 0.717) is 18.0 Å². The van der Waals surface area contributed by atoms with Gasteiger partial charge in [0.05, 0.1) is 5.69 Å². The normalized spacial score (nSPS) is 13.9. The summed E-state index contributed by atoms with van der Waals surface area (Å²) >= 11 is 0. The van der Waals surface area contributed by atoms with Gasteiger partial charge < -0.3 is 14.8 Å². The molecule has 1 aliphatic heterocycles. The second kappa shape index (κ2) is 7.09. The molecule has 0 atom stereocenters. The van der Waals surface area contributed by atoms with Gasteiger partial charge in [0, 0.05) is 12.1 Å². The third-order valence-corrected chi connectivity index (χ3v) is 4.37. The van der Waals surface area contributed by atoms with Crippen LogP contribution in [0.15, 0.2) is 60.7 Å². The summed E-state index contributed by atoms with van der Waals surface area (Å²) in [6.45, 7) is 0.295. The lowest BCUT2D eigenvalue weighted by Gasteiger charge is -2.16. The Morgan fingerprint density at radius 2 is 1.85 bits per heavy atom. The van der Waals surface area contributed by atoms with E-state index in [1.165, 1.54) is 0 Å². The molecule has 1 N–H and O–H groups in total. The number of fused-ring (bicyclic) bond motifs is 1. The molecule has 1 aliphatic rings. The Morgan fingerprint density at radius 1 is 1.04 bits per heavy atom. The number of nitrogens with one attached hydrogen (secondary N) is 1. The lowest BCUT2D eigenvalue weighted by atomic mass is 10.1. The lowest BCUT2D eigenvalue weighted by Crippen LogP contribution is -2.28. The molecule has 2 amide bonds. The quantitative estimate of drug-likeness (QED) is 0.747. The van der Waals surface area contributed by atoms with Crippen LogP contribution in [0.4, 0.5) is 10.5 Å².